The molecule has 0 heterocycles. The minimum absolute atomic E-state index is 0.222. The highest BCUT2D eigenvalue weighted by Gasteiger charge is 2.21. The van der Waals surface area contributed by atoms with Crippen LogP contribution in [0.15, 0.2) is 18.2 Å². The molecule has 2 atom stereocenters. The van der Waals surface area contributed by atoms with Gasteiger partial charge in [0.25, 0.3) is 0 Å². The molecule has 0 aromatic heterocycles. The minimum atomic E-state index is -0.951. The molecule has 1 fully saturated rings. The molecule has 4 heteroatoms. The van der Waals surface area contributed by atoms with Crippen LogP contribution in [0, 0.1) is 11.8 Å². The van der Waals surface area contributed by atoms with Crippen LogP contribution in [-0.4, -0.2) is 17.6 Å². The first kappa shape index (κ1) is 13.2. The van der Waals surface area contributed by atoms with Crippen LogP contribution in [0.1, 0.15) is 36.5 Å². The Kier molecular flexibility index (Phi) is 4.12. The number of carboxylic acids is 1. The molecule has 1 aromatic carbocycles. The third-order valence-electron chi connectivity index (χ3n) is 3.60. The quantitative estimate of drug-likeness (QED) is 0.870. The third kappa shape index (κ3) is 3.16. The number of nitrogens with one attached hydrogen (secondary N) is 1. The van der Waals surface area contributed by atoms with Crippen LogP contribution in [0.4, 0.5) is 5.69 Å². The van der Waals surface area contributed by atoms with Crippen molar-refractivity contribution in [1.82, 2.24) is 0 Å². The Morgan fingerprint density at radius 2 is 2.28 bits per heavy atom. The first-order valence-electron chi connectivity index (χ1n) is 6.33. The van der Waals surface area contributed by atoms with Gasteiger partial charge < -0.3 is 10.4 Å². The second-order valence-electron chi connectivity index (χ2n) is 5.16. The fourth-order valence-corrected chi connectivity index (χ4v) is 2.80. The predicted octanol–water partition coefficient (Wildman–Crippen LogP) is 3.89. The third-order valence-corrected chi connectivity index (χ3v) is 3.91. The fourth-order valence-electron chi connectivity index (χ4n) is 2.56. The minimum Gasteiger partial charge on any atom is -0.478 e. The monoisotopic (exact) mass is 267 g/mol. The molecule has 1 aliphatic rings. The fraction of sp³-hybridized carbons (Fsp3) is 0.500. The van der Waals surface area contributed by atoms with Gasteiger partial charge in [0, 0.05) is 6.54 Å². The summed E-state index contributed by atoms with van der Waals surface area (Å²) in [5, 5.41) is 12.6. The van der Waals surface area contributed by atoms with Crippen LogP contribution in [0.5, 0.6) is 0 Å². The van der Waals surface area contributed by atoms with Crippen molar-refractivity contribution in [2.24, 2.45) is 11.8 Å². The number of anilines is 1. The lowest BCUT2D eigenvalue weighted by molar-refractivity contribution is 0.0697. The Balaban J connectivity index is 1.95. The molecule has 1 saturated carbocycles. The highest BCUT2D eigenvalue weighted by molar-refractivity contribution is 6.33. The molecule has 2 rings (SSSR count). The SMILES string of the molecule is CC1CCC(CNc2ccc(C(=O)O)cc2Cl)C1. The highest BCUT2D eigenvalue weighted by atomic mass is 35.5. The molecular formula is C14H18ClNO2. The molecule has 0 bridgehead atoms. The van der Waals surface area contributed by atoms with E-state index in [9.17, 15) is 4.79 Å². The van der Waals surface area contributed by atoms with Gasteiger partial charge in [-0.1, -0.05) is 24.9 Å². The number of halogens is 1. The lowest BCUT2D eigenvalue weighted by atomic mass is 10.1. The van der Waals surface area contributed by atoms with Gasteiger partial charge in [0.1, 0.15) is 0 Å². The predicted molar refractivity (Wildman–Crippen MR) is 73.4 cm³/mol. The molecule has 18 heavy (non-hydrogen) atoms. The van der Waals surface area contributed by atoms with Crippen LogP contribution in [0.25, 0.3) is 0 Å². The van der Waals surface area contributed by atoms with Crippen molar-refractivity contribution < 1.29 is 9.90 Å². The maximum atomic E-state index is 10.8. The topological polar surface area (TPSA) is 49.3 Å². The van der Waals surface area contributed by atoms with Gasteiger partial charge in [-0.3, -0.25) is 0 Å². The summed E-state index contributed by atoms with van der Waals surface area (Å²) in [5.41, 5.74) is 1.04. The molecular weight excluding hydrogens is 250 g/mol. The first-order chi connectivity index (χ1) is 8.56. The van der Waals surface area contributed by atoms with E-state index in [4.69, 9.17) is 16.7 Å². The lowest BCUT2D eigenvalue weighted by Crippen LogP contribution is -2.12. The molecule has 0 aliphatic heterocycles. The smallest absolute Gasteiger partial charge is 0.335 e. The summed E-state index contributed by atoms with van der Waals surface area (Å²) in [4.78, 5) is 10.8. The molecule has 3 nitrogen and oxygen atoms in total. The van der Waals surface area contributed by atoms with E-state index < -0.39 is 5.97 Å². The van der Waals surface area contributed by atoms with Gasteiger partial charge >= 0.3 is 5.97 Å². The normalized spacial score (nSPS) is 23.0. The van der Waals surface area contributed by atoms with Gasteiger partial charge in [0.05, 0.1) is 16.3 Å². The number of rotatable bonds is 4. The number of carbonyl (C=O) groups is 1. The van der Waals surface area contributed by atoms with Crippen LogP contribution >= 0.6 is 11.6 Å². The van der Waals surface area contributed by atoms with Crippen LogP contribution in [0.2, 0.25) is 5.02 Å². The van der Waals surface area contributed by atoms with E-state index in [-0.39, 0.29) is 5.56 Å². The summed E-state index contributed by atoms with van der Waals surface area (Å²) in [6.07, 6.45) is 3.83. The number of aromatic carboxylic acids is 1. The molecule has 0 saturated heterocycles. The number of carboxylic acid groups (broad SMARTS) is 1. The molecule has 0 radical (unpaired) electrons. The lowest BCUT2D eigenvalue weighted by Gasteiger charge is -2.13. The van der Waals surface area contributed by atoms with Crippen molar-refractivity contribution in [3.05, 3.63) is 28.8 Å². The van der Waals surface area contributed by atoms with E-state index in [0.29, 0.717) is 10.9 Å². The van der Waals surface area contributed by atoms with E-state index in [0.717, 1.165) is 18.2 Å². The number of hydrogen-bond acceptors (Lipinski definition) is 2. The standard InChI is InChI=1S/C14H18ClNO2/c1-9-2-3-10(6-9)8-16-13-5-4-11(14(17)18)7-12(13)15/h4-5,7,9-10,16H,2-3,6,8H2,1H3,(H,17,18). The largest absolute Gasteiger partial charge is 0.478 e. The van der Waals surface area contributed by atoms with Crippen LogP contribution < -0.4 is 5.32 Å². The summed E-state index contributed by atoms with van der Waals surface area (Å²) >= 11 is 6.06. The Morgan fingerprint density at radius 3 is 2.83 bits per heavy atom. The summed E-state index contributed by atoms with van der Waals surface area (Å²) in [6, 6.07) is 4.81. The summed E-state index contributed by atoms with van der Waals surface area (Å²) < 4.78 is 0. The zero-order valence-electron chi connectivity index (χ0n) is 10.4. The van der Waals surface area contributed by atoms with Crippen molar-refractivity contribution in [3.8, 4) is 0 Å². The van der Waals surface area contributed by atoms with Crippen LogP contribution in [-0.2, 0) is 0 Å². The van der Waals surface area contributed by atoms with Gasteiger partial charge in [-0.2, -0.15) is 0 Å². The van der Waals surface area contributed by atoms with E-state index in [1.165, 1.54) is 25.3 Å². The molecule has 0 spiro atoms. The second-order valence-corrected chi connectivity index (χ2v) is 5.57. The molecule has 1 aliphatic carbocycles. The summed E-state index contributed by atoms with van der Waals surface area (Å²) in [5.74, 6) is 0.574. The average Bonchev–Trinajstić information content (AvgIpc) is 2.73. The van der Waals surface area contributed by atoms with Gasteiger partial charge in [0.2, 0.25) is 0 Å². The van der Waals surface area contributed by atoms with Gasteiger partial charge in [-0.15, -0.1) is 0 Å². The van der Waals surface area contributed by atoms with Crippen molar-refractivity contribution in [1.29, 1.82) is 0 Å². The summed E-state index contributed by atoms with van der Waals surface area (Å²) in [6.45, 7) is 3.20. The Labute approximate surface area is 112 Å². The van der Waals surface area contributed by atoms with Gasteiger partial charge in [-0.05, 0) is 42.9 Å². The Hall–Kier alpha value is -1.22. The molecule has 2 unspecified atom stereocenters. The van der Waals surface area contributed by atoms with Gasteiger partial charge in [0.15, 0.2) is 0 Å². The van der Waals surface area contributed by atoms with Crippen molar-refractivity contribution in [3.63, 3.8) is 0 Å². The van der Waals surface area contributed by atoms with Crippen molar-refractivity contribution in [2.75, 3.05) is 11.9 Å². The second kappa shape index (κ2) is 5.61. The molecule has 0 amide bonds. The zero-order chi connectivity index (χ0) is 13.1. The van der Waals surface area contributed by atoms with Crippen molar-refractivity contribution in [2.45, 2.75) is 26.2 Å². The van der Waals surface area contributed by atoms with Crippen molar-refractivity contribution >= 4 is 23.3 Å². The van der Waals surface area contributed by atoms with E-state index >= 15 is 0 Å². The van der Waals surface area contributed by atoms with Crippen LogP contribution in [0.3, 0.4) is 0 Å². The highest BCUT2D eigenvalue weighted by Crippen LogP contribution is 2.31. The van der Waals surface area contributed by atoms with E-state index in [1.54, 1.807) is 12.1 Å². The molecule has 2 N–H and O–H groups in total. The average molecular weight is 268 g/mol. The maximum Gasteiger partial charge on any atom is 0.335 e. The van der Waals surface area contributed by atoms with E-state index in [2.05, 4.69) is 12.2 Å². The summed E-state index contributed by atoms with van der Waals surface area (Å²) in [7, 11) is 0. The molecule has 1 aromatic rings. The number of benzene rings is 1. The van der Waals surface area contributed by atoms with Gasteiger partial charge in [-0.25, -0.2) is 4.79 Å². The number of hydrogen-bond donors (Lipinski definition) is 2. The maximum absolute atomic E-state index is 10.8. The van der Waals surface area contributed by atoms with E-state index in [1.807, 2.05) is 0 Å². The molecule has 98 valence electrons. The zero-order valence-corrected chi connectivity index (χ0v) is 11.2. The first-order valence-corrected chi connectivity index (χ1v) is 6.70. The Morgan fingerprint density at radius 1 is 1.50 bits per heavy atom. The Bertz CT molecular complexity index is 447.